The van der Waals surface area contributed by atoms with Crippen LogP contribution < -0.4 is 5.56 Å². The average molecular weight is 390 g/mol. The summed E-state index contributed by atoms with van der Waals surface area (Å²) in [5.41, 5.74) is -0.684. The Hall–Kier alpha value is -1.63. The molecule has 0 saturated carbocycles. The Kier molecular flexibility index (Phi) is 4.56. The number of ether oxygens (including phenoxy) is 1. The molecular formula is C15H14Cl2FN3O4. The first-order valence-electron chi connectivity index (χ1n) is 7.31. The summed E-state index contributed by atoms with van der Waals surface area (Å²) in [5.74, 6) is 1.87. The van der Waals surface area contributed by atoms with Gasteiger partial charge in [0.15, 0.2) is 22.6 Å². The van der Waals surface area contributed by atoms with E-state index in [1.54, 1.807) is 0 Å². The number of halogens is 3. The molecular weight excluding hydrogens is 376 g/mol. The Morgan fingerprint density at radius 2 is 2.28 bits per heavy atom. The number of nitrogens with zero attached hydrogens (tertiary/aromatic N) is 2. The zero-order valence-corrected chi connectivity index (χ0v) is 14.6. The van der Waals surface area contributed by atoms with E-state index in [-0.39, 0.29) is 16.9 Å². The van der Waals surface area contributed by atoms with Crippen molar-refractivity contribution >= 4 is 34.2 Å². The van der Waals surface area contributed by atoms with Crippen LogP contribution in [0.4, 0.5) is 4.39 Å². The number of nitrogens with one attached hydrogen (secondary N) is 1. The molecule has 7 nitrogen and oxygen atoms in total. The number of hydrogen-bond acceptors (Lipinski definition) is 5. The second-order valence-electron chi connectivity index (χ2n) is 5.86. The lowest BCUT2D eigenvalue weighted by molar-refractivity contribution is -0.0752. The number of fused-ring (bicyclic) bond motifs is 1. The molecule has 3 heterocycles. The molecule has 1 saturated heterocycles. The molecule has 1 fully saturated rings. The van der Waals surface area contributed by atoms with E-state index in [1.807, 2.05) is 0 Å². The summed E-state index contributed by atoms with van der Waals surface area (Å²) in [6, 6.07) is 0. The Morgan fingerprint density at radius 3 is 2.88 bits per heavy atom. The molecule has 1 aliphatic heterocycles. The first-order valence-corrected chi connectivity index (χ1v) is 8.06. The maximum absolute atomic E-state index is 14.3. The molecule has 0 spiro atoms. The molecule has 0 bridgehead atoms. The molecule has 2 aromatic heterocycles. The van der Waals surface area contributed by atoms with E-state index in [2.05, 4.69) is 21.3 Å². The van der Waals surface area contributed by atoms with Crippen molar-refractivity contribution in [3.05, 3.63) is 28.2 Å². The standard InChI is InChI=1S/C15H14Cl2FN3O4/c1-6(22)10-11(23)15(17,3-4-16)14(25-10)21-5-8(18)9-12(21)19-7(2)20-13(9)24/h5-6,10-11,14,22-23H,1-2H3,(H,19,20,24)/t6-,10-,11+,14-,15?/m1/s1. The van der Waals surface area contributed by atoms with Gasteiger partial charge in [0.2, 0.25) is 0 Å². The monoisotopic (exact) mass is 389 g/mol. The molecule has 1 unspecified atom stereocenters. The number of rotatable bonds is 2. The smallest absolute Gasteiger partial charge is 0.263 e. The average Bonchev–Trinajstić information content (AvgIpc) is 2.96. The maximum atomic E-state index is 14.3. The fraction of sp³-hybridized carbons (Fsp3) is 0.467. The van der Waals surface area contributed by atoms with Gasteiger partial charge in [0.1, 0.15) is 23.4 Å². The number of aromatic amines is 1. The lowest BCUT2D eigenvalue weighted by Gasteiger charge is -2.25. The Labute approximate surface area is 151 Å². The minimum atomic E-state index is -1.78. The summed E-state index contributed by atoms with van der Waals surface area (Å²) in [4.78, 5) is 16.8. The lowest BCUT2D eigenvalue weighted by Crippen LogP contribution is -2.43. The summed E-state index contributed by atoms with van der Waals surface area (Å²) in [5, 5.41) is 22.1. The van der Waals surface area contributed by atoms with Crippen molar-refractivity contribution in [3.8, 4) is 11.3 Å². The molecule has 134 valence electrons. The molecule has 5 atom stereocenters. The van der Waals surface area contributed by atoms with Crippen molar-refractivity contribution in [1.82, 2.24) is 14.5 Å². The highest BCUT2D eigenvalue weighted by Gasteiger charge is 2.57. The molecule has 3 N–H and O–H groups in total. The summed E-state index contributed by atoms with van der Waals surface area (Å²) < 4.78 is 21.1. The number of hydrogen-bond donors (Lipinski definition) is 3. The summed E-state index contributed by atoms with van der Waals surface area (Å²) in [6.45, 7) is 2.94. The van der Waals surface area contributed by atoms with Crippen LogP contribution in [-0.2, 0) is 4.74 Å². The van der Waals surface area contributed by atoms with E-state index in [1.165, 1.54) is 18.4 Å². The largest absolute Gasteiger partial charge is 0.391 e. The maximum Gasteiger partial charge on any atom is 0.263 e. The predicted molar refractivity (Wildman–Crippen MR) is 88.9 cm³/mol. The van der Waals surface area contributed by atoms with E-state index < -0.39 is 40.8 Å². The highest BCUT2D eigenvalue weighted by Crippen LogP contribution is 2.45. The van der Waals surface area contributed by atoms with Gasteiger partial charge in [0.05, 0.1) is 6.10 Å². The third kappa shape index (κ3) is 2.72. The summed E-state index contributed by atoms with van der Waals surface area (Å²) in [7, 11) is 0. The summed E-state index contributed by atoms with van der Waals surface area (Å²) in [6.07, 6.45) is -3.85. The van der Waals surface area contributed by atoms with Crippen molar-refractivity contribution in [2.24, 2.45) is 0 Å². The molecule has 0 radical (unpaired) electrons. The van der Waals surface area contributed by atoms with Crippen LogP contribution in [0.25, 0.3) is 11.0 Å². The van der Waals surface area contributed by atoms with E-state index in [4.69, 9.17) is 27.9 Å². The van der Waals surface area contributed by atoms with Crippen LogP contribution in [0.1, 0.15) is 19.0 Å². The quantitative estimate of drug-likeness (QED) is 0.525. The normalized spacial score (nSPS) is 30.3. The van der Waals surface area contributed by atoms with Gasteiger partial charge in [-0.1, -0.05) is 17.5 Å². The fourth-order valence-electron chi connectivity index (χ4n) is 2.96. The van der Waals surface area contributed by atoms with Gasteiger partial charge in [-0.2, -0.15) is 0 Å². The number of aliphatic hydroxyl groups excluding tert-OH is 2. The molecule has 0 aromatic carbocycles. The molecule has 1 aliphatic rings. The molecule has 2 aromatic rings. The first-order chi connectivity index (χ1) is 11.7. The van der Waals surface area contributed by atoms with Gasteiger partial charge in [-0.25, -0.2) is 9.37 Å². The molecule has 0 amide bonds. The van der Waals surface area contributed by atoms with Crippen LogP contribution in [0, 0.1) is 24.0 Å². The van der Waals surface area contributed by atoms with Gasteiger partial charge in [-0.05, 0) is 25.4 Å². The second-order valence-corrected chi connectivity index (χ2v) is 6.67. The predicted octanol–water partition coefficient (Wildman–Crippen LogP) is 0.989. The van der Waals surface area contributed by atoms with Gasteiger partial charge < -0.3 is 19.9 Å². The third-order valence-electron chi connectivity index (χ3n) is 4.11. The van der Waals surface area contributed by atoms with Gasteiger partial charge in [0, 0.05) is 11.6 Å². The topological polar surface area (TPSA) is 100 Å². The third-order valence-corrected chi connectivity index (χ3v) is 4.71. The zero-order chi connectivity index (χ0) is 18.5. The second kappa shape index (κ2) is 6.27. The summed E-state index contributed by atoms with van der Waals surface area (Å²) >= 11 is 11.9. The molecule has 25 heavy (non-hydrogen) atoms. The fourth-order valence-corrected chi connectivity index (χ4v) is 3.49. The van der Waals surface area contributed by atoms with E-state index in [0.717, 1.165) is 6.20 Å². The molecule has 0 aliphatic carbocycles. The number of aryl methyl sites for hydroxylation is 1. The Balaban J connectivity index is 2.25. The van der Waals surface area contributed by atoms with Crippen molar-refractivity contribution in [1.29, 1.82) is 0 Å². The van der Waals surface area contributed by atoms with Crippen molar-refractivity contribution in [3.63, 3.8) is 0 Å². The minimum absolute atomic E-state index is 0.0245. The van der Waals surface area contributed by atoms with Gasteiger partial charge in [-0.15, -0.1) is 0 Å². The first kappa shape index (κ1) is 18.2. The Bertz CT molecular complexity index is 948. The van der Waals surface area contributed by atoms with Crippen LogP contribution in [0.3, 0.4) is 0 Å². The molecule has 10 heteroatoms. The van der Waals surface area contributed by atoms with Crippen molar-refractivity contribution < 1.29 is 19.3 Å². The number of aromatic nitrogens is 3. The number of alkyl halides is 1. The van der Waals surface area contributed by atoms with Gasteiger partial charge in [0.25, 0.3) is 5.56 Å². The molecule has 3 rings (SSSR count). The van der Waals surface area contributed by atoms with Crippen LogP contribution >= 0.6 is 23.2 Å². The van der Waals surface area contributed by atoms with E-state index in [9.17, 15) is 19.4 Å². The Morgan fingerprint density at radius 1 is 1.60 bits per heavy atom. The lowest BCUT2D eigenvalue weighted by atomic mass is 9.97. The van der Waals surface area contributed by atoms with Crippen molar-refractivity contribution in [2.45, 2.75) is 43.3 Å². The minimum Gasteiger partial charge on any atom is -0.391 e. The van der Waals surface area contributed by atoms with Crippen LogP contribution in [0.2, 0.25) is 0 Å². The van der Waals surface area contributed by atoms with E-state index in [0.29, 0.717) is 0 Å². The number of aliphatic hydroxyl groups is 2. The van der Waals surface area contributed by atoms with Crippen LogP contribution in [0.5, 0.6) is 0 Å². The number of H-pyrrole nitrogens is 1. The van der Waals surface area contributed by atoms with Crippen LogP contribution in [0.15, 0.2) is 11.0 Å². The zero-order valence-electron chi connectivity index (χ0n) is 13.1. The SMILES string of the molecule is Cc1nc2c(c(F)cn2[C@@H]2O[C@H]([C@@H](C)O)[C@H](O)C2(Cl)C#CCl)c(=O)[nH]1. The highest BCUT2D eigenvalue weighted by atomic mass is 35.5. The highest BCUT2D eigenvalue weighted by molar-refractivity contribution is 6.32. The van der Waals surface area contributed by atoms with Crippen molar-refractivity contribution in [2.75, 3.05) is 0 Å². The van der Waals surface area contributed by atoms with Crippen LogP contribution in [-0.4, -0.2) is 47.9 Å². The van der Waals surface area contributed by atoms with Gasteiger partial charge in [-0.3, -0.25) is 9.36 Å². The van der Waals surface area contributed by atoms with E-state index >= 15 is 0 Å². The van der Waals surface area contributed by atoms with Gasteiger partial charge >= 0.3 is 0 Å².